The van der Waals surface area contributed by atoms with Crippen LogP contribution in [0.4, 0.5) is 0 Å². The third kappa shape index (κ3) is 4.06. The van der Waals surface area contributed by atoms with Crippen LogP contribution < -0.4 is 5.73 Å². The minimum Gasteiger partial charge on any atom is -0.507 e. The molecule has 0 aromatic heterocycles. The quantitative estimate of drug-likeness (QED) is 0.567. The van der Waals surface area contributed by atoms with Crippen molar-refractivity contribution in [2.24, 2.45) is 5.73 Å². The number of ketones is 1. The Balaban J connectivity index is 2.69. The third-order valence-corrected chi connectivity index (χ3v) is 2.79. The molecule has 0 spiro atoms. The van der Waals surface area contributed by atoms with Gasteiger partial charge >= 0.3 is 11.9 Å². The Morgan fingerprint density at radius 3 is 2.40 bits per heavy atom. The van der Waals surface area contributed by atoms with Gasteiger partial charge in [-0.1, -0.05) is 12.1 Å². The Morgan fingerprint density at radius 2 is 1.85 bits per heavy atom. The number of carboxylic acid groups (broad SMARTS) is 2. The van der Waals surface area contributed by atoms with E-state index in [2.05, 4.69) is 0 Å². The Bertz CT molecular complexity index is 540. The zero-order chi connectivity index (χ0) is 15.3. The average molecular weight is 281 g/mol. The zero-order valence-corrected chi connectivity index (χ0v) is 10.6. The number of phenols is 1. The fraction of sp³-hybridized carbons (Fsp3) is 0.308. The SMILES string of the molecule is N[C@@H](CCC(=O)Cc1cccc(C(=O)O)c1O)C(=O)O. The summed E-state index contributed by atoms with van der Waals surface area (Å²) in [6, 6.07) is 2.98. The number of nitrogens with two attached hydrogens (primary N) is 1. The number of carbonyl (C=O) groups excluding carboxylic acids is 1. The molecule has 1 aromatic rings. The number of Topliss-reactive ketones (excluding diaryl/α,β-unsaturated/α-hetero) is 1. The largest absolute Gasteiger partial charge is 0.507 e. The highest BCUT2D eigenvalue weighted by molar-refractivity contribution is 5.92. The van der Waals surface area contributed by atoms with Crippen LogP contribution in [-0.4, -0.2) is 39.1 Å². The van der Waals surface area contributed by atoms with Crippen LogP contribution in [0.1, 0.15) is 28.8 Å². The van der Waals surface area contributed by atoms with Crippen molar-refractivity contribution in [2.45, 2.75) is 25.3 Å². The van der Waals surface area contributed by atoms with E-state index in [1.807, 2.05) is 0 Å². The van der Waals surface area contributed by atoms with Gasteiger partial charge in [-0.2, -0.15) is 0 Å². The van der Waals surface area contributed by atoms with E-state index >= 15 is 0 Å². The molecule has 0 saturated carbocycles. The van der Waals surface area contributed by atoms with Crippen molar-refractivity contribution < 1.29 is 29.7 Å². The summed E-state index contributed by atoms with van der Waals surface area (Å²) in [6.45, 7) is 0. The molecule has 0 heterocycles. The Hall–Kier alpha value is -2.41. The van der Waals surface area contributed by atoms with Crippen LogP contribution >= 0.6 is 0 Å². The number of carboxylic acids is 2. The number of rotatable bonds is 7. The molecular formula is C13H15NO6. The highest BCUT2D eigenvalue weighted by Crippen LogP contribution is 2.23. The van der Waals surface area contributed by atoms with Gasteiger partial charge in [0, 0.05) is 18.4 Å². The molecule has 20 heavy (non-hydrogen) atoms. The number of aliphatic carboxylic acids is 1. The summed E-state index contributed by atoms with van der Waals surface area (Å²) in [7, 11) is 0. The molecule has 0 radical (unpaired) electrons. The molecule has 7 nitrogen and oxygen atoms in total. The first kappa shape index (κ1) is 15.6. The molecule has 0 amide bonds. The first-order valence-electron chi connectivity index (χ1n) is 5.87. The van der Waals surface area contributed by atoms with Gasteiger partial charge in [-0.05, 0) is 12.5 Å². The van der Waals surface area contributed by atoms with Crippen molar-refractivity contribution in [2.75, 3.05) is 0 Å². The lowest BCUT2D eigenvalue weighted by Gasteiger charge is -2.08. The van der Waals surface area contributed by atoms with E-state index in [-0.39, 0.29) is 36.2 Å². The number of hydrogen-bond acceptors (Lipinski definition) is 5. The molecule has 1 atom stereocenters. The molecule has 108 valence electrons. The molecule has 1 aromatic carbocycles. The molecule has 0 saturated heterocycles. The lowest BCUT2D eigenvalue weighted by Crippen LogP contribution is -2.30. The van der Waals surface area contributed by atoms with Crippen LogP contribution in [0.3, 0.4) is 0 Å². The van der Waals surface area contributed by atoms with E-state index in [4.69, 9.17) is 15.9 Å². The third-order valence-electron chi connectivity index (χ3n) is 2.79. The van der Waals surface area contributed by atoms with Crippen molar-refractivity contribution in [3.05, 3.63) is 29.3 Å². The number of para-hydroxylation sites is 1. The maximum Gasteiger partial charge on any atom is 0.339 e. The van der Waals surface area contributed by atoms with E-state index < -0.39 is 23.7 Å². The maximum absolute atomic E-state index is 11.7. The Morgan fingerprint density at radius 1 is 1.20 bits per heavy atom. The normalized spacial score (nSPS) is 11.8. The predicted molar refractivity (Wildman–Crippen MR) is 68.6 cm³/mol. The summed E-state index contributed by atoms with van der Waals surface area (Å²) in [6.07, 6.45) is -0.225. The lowest BCUT2D eigenvalue weighted by molar-refractivity contribution is -0.138. The average Bonchev–Trinajstić information content (AvgIpc) is 2.37. The maximum atomic E-state index is 11.7. The number of benzene rings is 1. The molecule has 0 fully saturated rings. The fourth-order valence-electron chi connectivity index (χ4n) is 1.65. The molecule has 0 aliphatic heterocycles. The summed E-state index contributed by atoms with van der Waals surface area (Å²) in [4.78, 5) is 33.0. The highest BCUT2D eigenvalue weighted by atomic mass is 16.4. The van der Waals surface area contributed by atoms with Crippen molar-refractivity contribution in [1.29, 1.82) is 0 Å². The van der Waals surface area contributed by atoms with Crippen LogP contribution in [0.15, 0.2) is 18.2 Å². The van der Waals surface area contributed by atoms with E-state index in [9.17, 15) is 19.5 Å². The minimum atomic E-state index is -1.29. The van der Waals surface area contributed by atoms with Gasteiger partial charge in [-0.15, -0.1) is 0 Å². The lowest BCUT2D eigenvalue weighted by atomic mass is 10.0. The topological polar surface area (TPSA) is 138 Å². The summed E-state index contributed by atoms with van der Waals surface area (Å²) in [5.41, 5.74) is 5.19. The Labute approximate surface area is 114 Å². The van der Waals surface area contributed by atoms with Crippen molar-refractivity contribution in [1.82, 2.24) is 0 Å². The molecule has 0 aliphatic carbocycles. The van der Waals surface area contributed by atoms with Crippen LogP contribution in [0.2, 0.25) is 0 Å². The molecule has 5 N–H and O–H groups in total. The second-order valence-corrected chi connectivity index (χ2v) is 4.32. The molecule has 1 rings (SSSR count). The van der Waals surface area contributed by atoms with E-state index in [0.717, 1.165) is 0 Å². The van der Waals surface area contributed by atoms with Crippen LogP contribution in [0.25, 0.3) is 0 Å². The fourth-order valence-corrected chi connectivity index (χ4v) is 1.65. The van der Waals surface area contributed by atoms with Gasteiger partial charge < -0.3 is 21.1 Å². The van der Waals surface area contributed by atoms with E-state index in [1.165, 1.54) is 18.2 Å². The number of aromatic carboxylic acids is 1. The number of carbonyl (C=O) groups is 3. The molecule has 0 aliphatic rings. The van der Waals surface area contributed by atoms with Gasteiger partial charge in [0.1, 0.15) is 23.1 Å². The predicted octanol–water partition coefficient (Wildman–Crippen LogP) is 0.394. The van der Waals surface area contributed by atoms with Crippen LogP contribution in [0, 0.1) is 0 Å². The molecular weight excluding hydrogens is 266 g/mol. The first-order valence-corrected chi connectivity index (χ1v) is 5.87. The number of hydrogen-bond donors (Lipinski definition) is 4. The van der Waals surface area contributed by atoms with Crippen molar-refractivity contribution in [3.63, 3.8) is 0 Å². The molecule has 0 unspecified atom stereocenters. The summed E-state index contributed by atoms with van der Waals surface area (Å²) >= 11 is 0. The molecule has 0 bridgehead atoms. The van der Waals surface area contributed by atoms with Crippen molar-refractivity contribution in [3.8, 4) is 5.75 Å². The summed E-state index contributed by atoms with van der Waals surface area (Å²) < 4.78 is 0. The van der Waals surface area contributed by atoms with Crippen molar-refractivity contribution >= 4 is 17.7 Å². The minimum absolute atomic E-state index is 0.00640. The highest BCUT2D eigenvalue weighted by Gasteiger charge is 2.17. The second-order valence-electron chi connectivity index (χ2n) is 4.32. The van der Waals surface area contributed by atoms with Gasteiger partial charge in [-0.25, -0.2) is 4.79 Å². The summed E-state index contributed by atoms with van der Waals surface area (Å²) in [5, 5.41) is 27.1. The number of aromatic hydroxyl groups is 1. The van der Waals surface area contributed by atoms with E-state index in [1.54, 1.807) is 0 Å². The van der Waals surface area contributed by atoms with Crippen LogP contribution in [0.5, 0.6) is 5.75 Å². The van der Waals surface area contributed by atoms with E-state index in [0.29, 0.717) is 0 Å². The van der Waals surface area contributed by atoms with Crippen LogP contribution in [-0.2, 0) is 16.0 Å². The van der Waals surface area contributed by atoms with Gasteiger partial charge in [0.05, 0.1) is 0 Å². The zero-order valence-electron chi connectivity index (χ0n) is 10.6. The Kier molecular flexibility index (Phi) is 5.22. The second kappa shape index (κ2) is 6.67. The summed E-state index contributed by atoms with van der Waals surface area (Å²) in [5.74, 6) is -3.24. The van der Waals surface area contributed by atoms with Gasteiger partial charge in [0.2, 0.25) is 0 Å². The standard InChI is InChI=1S/C13H15NO6/c14-10(13(19)20)5-4-8(15)6-7-2-1-3-9(11(7)16)12(17)18/h1-3,10,16H,4-6,14H2,(H,17,18)(H,19,20)/t10-/m0/s1. The van der Waals surface area contributed by atoms with Gasteiger partial charge in [-0.3, -0.25) is 9.59 Å². The first-order chi connectivity index (χ1) is 9.32. The van der Waals surface area contributed by atoms with Gasteiger partial charge in [0.15, 0.2) is 0 Å². The molecule has 7 heteroatoms. The van der Waals surface area contributed by atoms with Gasteiger partial charge in [0.25, 0.3) is 0 Å². The monoisotopic (exact) mass is 281 g/mol. The smallest absolute Gasteiger partial charge is 0.339 e.